The predicted octanol–water partition coefficient (Wildman–Crippen LogP) is 4.80. The van der Waals surface area contributed by atoms with Crippen LogP contribution in [0.4, 0.5) is 0 Å². The number of amides is 1. The highest BCUT2D eigenvalue weighted by Gasteiger charge is 2.42. The Morgan fingerprint density at radius 2 is 1.64 bits per heavy atom. The first-order valence-electron chi connectivity index (χ1n) is 10.6. The van der Waals surface area contributed by atoms with E-state index in [9.17, 15) is 14.4 Å². The lowest BCUT2D eigenvalue weighted by Gasteiger charge is -2.28. The molecule has 33 heavy (non-hydrogen) atoms. The van der Waals surface area contributed by atoms with Crippen LogP contribution >= 0.6 is 24.0 Å². The second-order valence-corrected chi connectivity index (χ2v) is 20.0. The first kappa shape index (κ1) is 27.3. The van der Waals surface area contributed by atoms with Gasteiger partial charge in [0.05, 0.1) is 12.0 Å². The minimum Gasteiger partial charge on any atom is -0.520 e. The van der Waals surface area contributed by atoms with E-state index in [2.05, 4.69) is 0 Å². The molecule has 0 aromatic heterocycles. The molecule has 1 heterocycles. The summed E-state index contributed by atoms with van der Waals surface area (Å²) in [6, 6.07) is 6.26. The molecular weight excluding hydrogens is 495 g/mol. The molecule has 0 aliphatic carbocycles. The zero-order chi connectivity index (χ0) is 25.0. The maximum Gasteiger partial charge on any atom is 0.316 e. The molecule has 1 aromatic carbocycles. The molecule has 180 valence electrons. The number of carbonyl (C=O) groups is 3. The second kappa shape index (κ2) is 11.0. The van der Waals surface area contributed by atoms with Gasteiger partial charge in [-0.2, -0.15) is 0 Å². The van der Waals surface area contributed by atoms with Crippen LogP contribution in [0.2, 0.25) is 39.3 Å². The summed E-state index contributed by atoms with van der Waals surface area (Å²) in [5.41, 5.74) is 0.802. The molecule has 0 radical (unpaired) electrons. The van der Waals surface area contributed by atoms with Crippen LogP contribution < -0.4 is 4.74 Å². The van der Waals surface area contributed by atoms with Gasteiger partial charge in [-0.3, -0.25) is 19.3 Å². The van der Waals surface area contributed by atoms with Crippen molar-refractivity contribution in [3.63, 3.8) is 0 Å². The van der Waals surface area contributed by atoms with E-state index >= 15 is 0 Å². The summed E-state index contributed by atoms with van der Waals surface area (Å²) in [4.78, 5) is 40.3. The smallest absolute Gasteiger partial charge is 0.316 e. The van der Waals surface area contributed by atoms with Crippen molar-refractivity contribution in [3.05, 3.63) is 34.7 Å². The molecule has 0 bridgehead atoms. The molecule has 1 aliphatic heterocycles. The van der Waals surface area contributed by atoms with Crippen LogP contribution in [0.5, 0.6) is 5.75 Å². The van der Waals surface area contributed by atoms with Gasteiger partial charge in [0.2, 0.25) is 16.6 Å². The fraction of sp³-hybridized carbons (Fsp3) is 0.455. The Morgan fingerprint density at radius 3 is 2.15 bits per heavy atom. The fourth-order valence-electron chi connectivity index (χ4n) is 2.97. The molecule has 1 unspecified atom stereocenters. The van der Waals surface area contributed by atoms with Gasteiger partial charge >= 0.3 is 5.97 Å². The summed E-state index contributed by atoms with van der Waals surface area (Å²) >= 11 is 6.58. The minimum atomic E-state index is -2.23. The number of thioether (sulfide) groups is 1. The Kier molecular flexibility index (Phi) is 9.08. The highest BCUT2D eigenvalue weighted by molar-refractivity contribution is 8.26. The average molecular weight is 526 g/mol. The third-order valence-electron chi connectivity index (χ3n) is 4.27. The van der Waals surface area contributed by atoms with Gasteiger partial charge in [0.25, 0.3) is 11.9 Å². The summed E-state index contributed by atoms with van der Waals surface area (Å²) in [6.07, 6.45) is 1.79. The van der Waals surface area contributed by atoms with Gasteiger partial charge in [-0.05, 0) is 69.5 Å². The first-order valence-corrected chi connectivity index (χ1v) is 18.6. The maximum absolute atomic E-state index is 13.2. The Hall–Kier alpha value is -1.96. The van der Waals surface area contributed by atoms with Crippen LogP contribution in [-0.2, 0) is 23.2 Å². The number of nitrogens with zero attached hydrogens (tertiary/aromatic N) is 1. The van der Waals surface area contributed by atoms with Gasteiger partial charge in [0, 0.05) is 6.42 Å². The van der Waals surface area contributed by atoms with Gasteiger partial charge in [-0.15, -0.1) is 0 Å². The molecule has 0 spiro atoms. The zero-order valence-electron chi connectivity index (χ0n) is 20.1. The van der Waals surface area contributed by atoms with Gasteiger partial charge < -0.3 is 13.6 Å². The number of ether oxygens (including phenoxy) is 1. The maximum atomic E-state index is 13.2. The lowest BCUT2D eigenvalue weighted by Crippen LogP contribution is -2.47. The number of carbonyl (C=O) groups excluding carboxylic acids is 3. The number of hydrogen-bond donors (Lipinski definition) is 0. The molecule has 1 fully saturated rings. The van der Waals surface area contributed by atoms with Crippen molar-refractivity contribution in [1.29, 1.82) is 0 Å². The van der Waals surface area contributed by atoms with Crippen molar-refractivity contribution >= 4 is 68.9 Å². The predicted molar refractivity (Wildman–Crippen MR) is 140 cm³/mol. The Labute approximate surface area is 207 Å². The third-order valence-corrected chi connectivity index (χ3v) is 7.25. The van der Waals surface area contributed by atoms with E-state index in [1.54, 1.807) is 25.3 Å². The van der Waals surface area contributed by atoms with Crippen molar-refractivity contribution in [3.8, 4) is 5.75 Å². The van der Waals surface area contributed by atoms with Crippen molar-refractivity contribution < 1.29 is 28.0 Å². The molecule has 0 N–H and O–H groups in total. The zero-order valence-corrected chi connectivity index (χ0v) is 23.7. The highest BCUT2D eigenvalue weighted by Crippen LogP contribution is 2.35. The van der Waals surface area contributed by atoms with Crippen molar-refractivity contribution in [2.75, 3.05) is 7.11 Å². The van der Waals surface area contributed by atoms with Gasteiger partial charge in [0.1, 0.15) is 16.1 Å². The number of methoxy groups -OCH3 is 1. The summed E-state index contributed by atoms with van der Waals surface area (Å²) in [6.45, 7) is 11.4. The van der Waals surface area contributed by atoms with E-state index in [0.717, 1.165) is 17.3 Å². The lowest BCUT2D eigenvalue weighted by molar-refractivity contribution is -0.144. The van der Waals surface area contributed by atoms with Crippen LogP contribution in [0.25, 0.3) is 6.08 Å². The first-order chi connectivity index (χ1) is 15.2. The second-order valence-electron chi connectivity index (χ2n) is 9.50. The number of rotatable bonds is 9. The third kappa shape index (κ3) is 8.40. The Morgan fingerprint density at radius 1 is 1.06 bits per heavy atom. The van der Waals surface area contributed by atoms with Crippen LogP contribution in [0.3, 0.4) is 0 Å². The van der Waals surface area contributed by atoms with Crippen LogP contribution in [0, 0.1) is 0 Å². The quantitative estimate of drug-likeness (QED) is 0.258. The van der Waals surface area contributed by atoms with Gasteiger partial charge in [-0.1, -0.05) is 36.1 Å². The van der Waals surface area contributed by atoms with Gasteiger partial charge in [0.15, 0.2) is 0 Å². The van der Waals surface area contributed by atoms with Crippen molar-refractivity contribution in [2.24, 2.45) is 0 Å². The van der Waals surface area contributed by atoms with E-state index in [1.807, 2.05) is 51.4 Å². The highest BCUT2D eigenvalue weighted by atomic mass is 32.2. The molecule has 1 amide bonds. The Bertz CT molecular complexity index is 951. The normalized spacial score (nSPS) is 16.7. The molecule has 2 rings (SSSR count). The largest absolute Gasteiger partial charge is 0.520 e. The standard InChI is InChI=1S/C22H31NO6S2Si2/c1-27-16-10-8-15(9-11-16)14-18-20(25)23(22(30)31-18)17(21(26)29-33(5,6)7)12-13-19(24)28-32(2,3)4/h8-11,14,17H,12-13H2,1-7H3/b18-14-. The summed E-state index contributed by atoms with van der Waals surface area (Å²) < 4.78 is 16.6. The summed E-state index contributed by atoms with van der Waals surface area (Å²) in [5, 5.41) is 0. The van der Waals surface area contributed by atoms with E-state index < -0.39 is 28.6 Å². The summed E-state index contributed by atoms with van der Waals surface area (Å²) in [5.74, 6) is -0.605. The van der Waals surface area contributed by atoms with Crippen molar-refractivity contribution in [1.82, 2.24) is 4.90 Å². The van der Waals surface area contributed by atoms with Crippen LogP contribution in [-0.4, -0.2) is 56.9 Å². The van der Waals surface area contributed by atoms with Crippen LogP contribution in [0.1, 0.15) is 18.4 Å². The molecule has 1 saturated heterocycles. The molecule has 1 aromatic rings. The van der Waals surface area contributed by atoms with E-state index in [-0.39, 0.29) is 29.0 Å². The van der Waals surface area contributed by atoms with Crippen LogP contribution in [0.15, 0.2) is 29.2 Å². The SMILES string of the molecule is COc1ccc(/C=C2\SC(=S)N(C(CCC(=O)O[Si](C)(C)C)C(=O)O[Si](C)(C)C)C2=O)cc1. The molecule has 11 heteroatoms. The Balaban J connectivity index is 2.27. The van der Waals surface area contributed by atoms with E-state index in [1.165, 1.54) is 4.90 Å². The van der Waals surface area contributed by atoms with E-state index in [4.69, 9.17) is 25.8 Å². The average Bonchev–Trinajstić information content (AvgIpc) is 2.93. The lowest BCUT2D eigenvalue weighted by atomic mass is 10.1. The molecular formula is C22H31NO6S2Si2. The molecule has 1 atom stereocenters. The van der Waals surface area contributed by atoms with E-state index in [0.29, 0.717) is 10.7 Å². The van der Waals surface area contributed by atoms with Crippen molar-refractivity contribution in [2.45, 2.75) is 58.2 Å². The molecule has 0 saturated carbocycles. The fourth-order valence-corrected chi connectivity index (χ4v) is 5.85. The minimum absolute atomic E-state index is 0.00960. The molecule has 1 aliphatic rings. The molecule has 7 nitrogen and oxygen atoms in total. The topological polar surface area (TPSA) is 82.1 Å². The number of benzene rings is 1. The summed E-state index contributed by atoms with van der Waals surface area (Å²) in [7, 11) is -2.72. The number of hydrogen-bond acceptors (Lipinski definition) is 8. The van der Waals surface area contributed by atoms with Gasteiger partial charge in [-0.25, -0.2) is 0 Å². The monoisotopic (exact) mass is 525 g/mol. The number of thiocarbonyl (C=S) groups is 1.